The molecule has 3 N–H and O–H groups in total. The standard InChI is InChI=1S/C6H7NO3S.C3HCl2N3/c7-5-2-1-3-6(4-5)11(8,9)10;4-2-6-1-7-3(5)8-2/h1-4H,7H2,(H,8,9,10);1H. The van der Waals surface area contributed by atoms with Gasteiger partial charge in [-0.1, -0.05) is 6.07 Å². The van der Waals surface area contributed by atoms with Crippen molar-refractivity contribution in [2.24, 2.45) is 0 Å². The first-order chi connectivity index (χ1) is 8.79. The summed E-state index contributed by atoms with van der Waals surface area (Å²) < 4.78 is 29.5. The summed E-state index contributed by atoms with van der Waals surface area (Å²) in [7, 11) is -4.11. The number of benzene rings is 1. The van der Waals surface area contributed by atoms with E-state index in [9.17, 15) is 8.42 Å². The van der Waals surface area contributed by atoms with E-state index < -0.39 is 10.1 Å². The maximum Gasteiger partial charge on any atom is 0.294 e. The molecule has 102 valence electrons. The Balaban J connectivity index is 0.000000200. The van der Waals surface area contributed by atoms with Crippen LogP contribution in [-0.4, -0.2) is 27.9 Å². The predicted molar refractivity (Wildman–Crippen MR) is 70.5 cm³/mol. The van der Waals surface area contributed by atoms with E-state index in [2.05, 4.69) is 15.0 Å². The second kappa shape index (κ2) is 6.62. The van der Waals surface area contributed by atoms with Gasteiger partial charge in [-0.15, -0.1) is 0 Å². The second-order valence-electron chi connectivity index (χ2n) is 3.07. The number of nitrogens with two attached hydrogens (primary N) is 1. The van der Waals surface area contributed by atoms with Gasteiger partial charge >= 0.3 is 0 Å². The highest BCUT2D eigenvalue weighted by atomic mass is 35.5. The van der Waals surface area contributed by atoms with Gasteiger partial charge in [-0.25, -0.2) is 9.97 Å². The van der Waals surface area contributed by atoms with Crippen LogP contribution in [0.1, 0.15) is 0 Å². The smallest absolute Gasteiger partial charge is 0.294 e. The summed E-state index contributed by atoms with van der Waals surface area (Å²) in [5.41, 5.74) is 5.59. The van der Waals surface area contributed by atoms with Gasteiger partial charge in [0.1, 0.15) is 6.33 Å². The molecule has 0 radical (unpaired) electrons. The molecule has 0 unspecified atom stereocenters. The Kier molecular flexibility index (Phi) is 5.43. The van der Waals surface area contributed by atoms with Crippen molar-refractivity contribution in [3.05, 3.63) is 41.2 Å². The molecule has 1 aromatic heterocycles. The maximum absolute atomic E-state index is 10.5. The quantitative estimate of drug-likeness (QED) is 0.605. The summed E-state index contributed by atoms with van der Waals surface area (Å²) in [6.07, 6.45) is 1.25. The molecule has 0 atom stereocenters. The van der Waals surface area contributed by atoms with Crippen molar-refractivity contribution < 1.29 is 13.0 Å². The number of rotatable bonds is 1. The van der Waals surface area contributed by atoms with E-state index in [4.69, 9.17) is 33.5 Å². The predicted octanol–water partition coefficient (Wildman–Crippen LogP) is 1.69. The van der Waals surface area contributed by atoms with Gasteiger partial charge in [-0.05, 0) is 41.4 Å². The summed E-state index contributed by atoms with van der Waals surface area (Å²) in [5.74, 6) is 0. The van der Waals surface area contributed by atoms with Crippen molar-refractivity contribution in [1.82, 2.24) is 15.0 Å². The van der Waals surface area contributed by atoms with Crippen LogP contribution in [0.25, 0.3) is 0 Å². The number of hydrogen-bond acceptors (Lipinski definition) is 6. The van der Waals surface area contributed by atoms with Gasteiger partial charge in [0.05, 0.1) is 4.90 Å². The third-order valence-electron chi connectivity index (χ3n) is 1.67. The first-order valence-electron chi connectivity index (χ1n) is 4.62. The molecule has 10 heteroatoms. The number of hydrogen-bond donors (Lipinski definition) is 2. The van der Waals surface area contributed by atoms with Crippen LogP contribution >= 0.6 is 23.2 Å². The summed E-state index contributed by atoms with van der Waals surface area (Å²) in [6, 6.07) is 5.45. The molecule has 0 amide bonds. The molecular formula is C9H8Cl2N4O3S. The summed E-state index contributed by atoms with van der Waals surface area (Å²) >= 11 is 10.6. The van der Waals surface area contributed by atoms with Gasteiger partial charge in [0, 0.05) is 5.69 Å². The molecule has 0 aliphatic heterocycles. The van der Waals surface area contributed by atoms with Gasteiger partial charge in [0.15, 0.2) is 0 Å². The molecule has 0 saturated heterocycles. The molecular weight excluding hydrogens is 315 g/mol. The SMILES string of the molecule is Clc1ncnc(Cl)n1.Nc1cccc(S(=O)(=O)O)c1. The fourth-order valence-corrected chi connectivity index (χ4v) is 1.76. The maximum atomic E-state index is 10.5. The van der Waals surface area contributed by atoms with E-state index in [-0.39, 0.29) is 15.5 Å². The molecule has 0 bridgehead atoms. The number of anilines is 1. The van der Waals surface area contributed by atoms with E-state index in [1.807, 2.05) is 0 Å². The summed E-state index contributed by atoms with van der Waals surface area (Å²) in [5, 5.41) is 0.231. The minimum Gasteiger partial charge on any atom is -0.399 e. The highest BCUT2D eigenvalue weighted by Gasteiger charge is 2.07. The average Bonchev–Trinajstić information content (AvgIpc) is 2.28. The first kappa shape index (κ1) is 15.6. The van der Waals surface area contributed by atoms with Gasteiger partial charge in [0.25, 0.3) is 10.1 Å². The van der Waals surface area contributed by atoms with Gasteiger partial charge in [0.2, 0.25) is 10.6 Å². The third-order valence-corrected chi connectivity index (χ3v) is 2.88. The second-order valence-corrected chi connectivity index (χ2v) is 5.17. The molecule has 2 aromatic rings. The Morgan fingerprint density at radius 1 is 1.16 bits per heavy atom. The Hall–Kier alpha value is -1.48. The van der Waals surface area contributed by atoms with Gasteiger partial charge < -0.3 is 5.73 Å². The highest BCUT2D eigenvalue weighted by molar-refractivity contribution is 7.85. The molecule has 1 aromatic carbocycles. The molecule has 0 aliphatic carbocycles. The van der Waals surface area contributed by atoms with Crippen molar-refractivity contribution in [2.75, 3.05) is 5.73 Å². The van der Waals surface area contributed by atoms with Crippen LogP contribution in [0.5, 0.6) is 0 Å². The van der Waals surface area contributed by atoms with Crippen molar-refractivity contribution >= 4 is 39.0 Å². The zero-order valence-electron chi connectivity index (χ0n) is 9.23. The Labute approximate surface area is 119 Å². The monoisotopic (exact) mass is 322 g/mol. The number of aromatic nitrogens is 3. The largest absolute Gasteiger partial charge is 0.399 e. The van der Waals surface area contributed by atoms with Crippen molar-refractivity contribution in [3.8, 4) is 0 Å². The molecule has 0 aliphatic rings. The number of nitrogen functional groups attached to an aromatic ring is 1. The fourth-order valence-electron chi connectivity index (χ4n) is 0.933. The Morgan fingerprint density at radius 2 is 1.74 bits per heavy atom. The van der Waals surface area contributed by atoms with Crippen LogP contribution in [0, 0.1) is 0 Å². The minimum absolute atomic E-state index is 0.116. The van der Waals surface area contributed by atoms with E-state index in [1.54, 1.807) is 0 Å². The lowest BCUT2D eigenvalue weighted by atomic mass is 10.3. The lowest BCUT2D eigenvalue weighted by Crippen LogP contribution is -1.98. The molecule has 0 saturated carbocycles. The highest BCUT2D eigenvalue weighted by Crippen LogP contribution is 2.11. The molecule has 7 nitrogen and oxygen atoms in total. The topological polar surface area (TPSA) is 119 Å². The lowest BCUT2D eigenvalue weighted by molar-refractivity contribution is 0.483. The van der Waals surface area contributed by atoms with Crippen molar-refractivity contribution in [3.63, 3.8) is 0 Å². The molecule has 0 spiro atoms. The molecule has 19 heavy (non-hydrogen) atoms. The van der Waals surface area contributed by atoms with Crippen LogP contribution in [-0.2, 0) is 10.1 Å². The number of nitrogens with zero attached hydrogens (tertiary/aromatic N) is 3. The van der Waals surface area contributed by atoms with Crippen molar-refractivity contribution in [1.29, 1.82) is 0 Å². The van der Waals surface area contributed by atoms with Gasteiger partial charge in [-0.2, -0.15) is 13.4 Å². The average molecular weight is 323 g/mol. The molecule has 1 heterocycles. The van der Waals surface area contributed by atoms with Crippen molar-refractivity contribution in [2.45, 2.75) is 4.90 Å². The van der Waals surface area contributed by atoms with Crippen LogP contribution < -0.4 is 5.73 Å². The zero-order valence-corrected chi connectivity index (χ0v) is 11.6. The van der Waals surface area contributed by atoms with E-state index >= 15 is 0 Å². The zero-order chi connectivity index (χ0) is 14.5. The number of halogens is 2. The lowest BCUT2D eigenvalue weighted by Gasteiger charge is -1.96. The normalized spacial score (nSPS) is 10.5. The third kappa shape index (κ3) is 5.79. The van der Waals surface area contributed by atoms with Crippen LogP contribution in [0.2, 0.25) is 10.6 Å². The first-order valence-corrected chi connectivity index (χ1v) is 6.81. The van der Waals surface area contributed by atoms with Crippen LogP contribution in [0.15, 0.2) is 35.5 Å². The Bertz CT molecular complexity index is 649. The minimum atomic E-state index is -4.11. The van der Waals surface area contributed by atoms with Gasteiger partial charge in [-0.3, -0.25) is 4.55 Å². The van der Waals surface area contributed by atoms with E-state index in [0.717, 1.165) is 0 Å². The van der Waals surface area contributed by atoms with Crippen LogP contribution in [0.3, 0.4) is 0 Å². The van der Waals surface area contributed by atoms with Crippen LogP contribution in [0.4, 0.5) is 5.69 Å². The van der Waals surface area contributed by atoms with E-state index in [0.29, 0.717) is 5.69 Å². The molecule has 0 fully saturated rings. The summed E-state index contributed by atoms with van der Waals surface area (Å²) in [6.45, 7) is 0. The van der Waals surface area contributed by atoms with E-state index in [1.165, 1.54) is 30.6 Å². The molecule has 2 rings (SSSR count). The summed E-state index contributed by atoms with van der Waals surface area (Å²) in [4.78, 5) is 10.3. The fraction of sp³-hybridized carbons (Fsp3) is 0. The Morgan fingerprint density at radius 3 is 2.05 bits per heavy atom.